The molecule has 14 heavy (non-hydrogen) atoms. The Kier molecular flexibility index (Phi) is 8.43. The van der Waals surface area contributed by atoms with Crippen molar-refractivity contribution in [2.75, 3.05) is 20.1 Å². The van der Waals surface area contributed by atoms with Crippen LogP contribution in [0.15, 0.2) is 4.99 Å². The first-order valence-electron chi connectivity index (χ1n) is 5.29. The number of hydrogen-bond acceptors (Lipinski definition) is 3. The maximum Gasteiger partial charge on any atom is 0.129 e. The van der Waals surface area contributed by atoms with Crippen molar-refractivity contribution >= 4 is 11.5 Å². The molecule has 0 bridgehead atoms. The van der Waals surface area contributed by atoms with Crippen LogP contribution >= 0.6 is 0 Å². The molecule has 0 rings (SSSR count). The maximum atomic E-state index is 10.6. The zero-order valence-corrected chi connectivity index (χ0v) is 9.60. The van der Waals surface area contributed by atoms with Crippen molar-refractivity contribution < 1.29 is 4.79 Å². The Hall–Kier alpha value is -0.700. The minimum atomic E-state index is 0.298. The summed E-state index contributed by atoms with van der Waals surface area (Å²) in [6.07, 6.45) is 4.03. The van der Waals surface area contributed by atoms with Gasteiger partial charge in [0.1, 0.15) is 5.78 Å². The third-order valence-corrected chi connectivity index (χ3v) is 2.14. The number of ketones is 1. The molecule has 0 atom stereocenters. The first-order valence-corrected chi connectivity index (χ1v) is 5.29. The van der Waals surface area contributed by atoms with Gasteiger partial charge in [0.15, 0.2) is 0 Å². The Morgan fingerprint density at radius 1 is 1.21 bits per heavy atom. The Labute approximate surface area is 87.0 Å². The molecule has 0 aliphatic carbocycles. The van der Waals surface area contributed by atoms with Gasteiger partial charge in [-0.05, 0) is 33.2 Å². The zero-order valence-electron chi connectivity index (χ0n) is 9.60. The number of aliphatic imine (C=N–C) groups is 1. The Morgan fingerprint density at radius 2 is 1.93 bits per heavy atom. The van der Waals surface area contributed by atoms with Crippen LogP contribution in [0.25, 0.3) is 0 Å². The van der Waals surface area contributed by atoms with Crippen LogP contribution in [0.3, 0.4) is 0 Å². The molecule has 0 aliphatic rings. The largest absolute Gasteiger partial charge is 0.311 e. The van der Waals surface area contributed by atoms with Crippen LogP contribution in [0.2, 0.25) is 0 Å². The van der Waals surface area contributed by atoms with E-state index in [1.165, 1.54) is 0 Å². The molecule has 0 spiro atoms. The van der Waals surface area contributed by atoms with Crippen molar-refractivity contribution in [1.82, 2.24) is 5.32 Å². The molecular weight excluding hydrogens is 176 g/mol. The summed E-state index contributed by atoms with van der Waals surface area (Å²) in [6.45, 7) is 5.57. The fraction of sp³-hybridized carbons (Fsp3) is 0.818. The van der Waals surface area contributed by atoms with E-state index in [-0.39, 0.29) is 0 Å². The van der Waals surface area contributed by atoms with Gasteiger partial charge in [0.2, 0.25) is 0 Å². The standard InChI is InChI=1S/C11H22N2O/c1-10(12-3)9-13-8-6-4-5-7-11(2)14/h13H,4-9H2,1-3H3/b12-10+. The summed E-state index contributed by atoms with van der Waals surface area (Å²) in [6, 6.07) is 0. The number of rotatable bonds is 8. The minimum Gasteiger partial charge on any atom is -0.311 e. The summed E-state index contributed by atoms with van der Waals surface area (Å²) in [5, 5.41) is 3.31. The second-order valence-electron chi connectivity index (χ2n) is 3.65. The SMILES string of the molecule is C/N=C(\C)CNCCCCCC(C)=O. The lowest BCUT2D eigenvalue weighted by Gasteiger charge is -2.03. The summed E-state index contributed by atoms with van der Waals surface area (Å²) in [5.74, 6) is 0.298. The number of hydrogen-bond donors (Lipinski definition) is 1. The first kappa shape index (κ1) is 13.3. The molecular formula is C11H22N2O. The molecule has 0 aromatic rings. The van der Waals surface area contributed by atoms with Gasteiger partial charge in [-0.2, -0.15) is 0 Å². The van der Waals surface area contributed by atoms with Crippen LogP contribution in [0, 0.1) is 0 Å². The van der Waals surface area contributed by atoms with Crippen LogP contribution in [0.4, 0.5) is 0 Å². The van der Waals surface area contributed by atoms with Crippen molar-refractivity contribution in [3.8, 4) is 0 Å². The second-order valence-corrected chi connectivity index (χ2v) is 3.65. The van der Waals surface area contributed by atoms with Crippen molar-refractivity contribution in [2.24, 2.45) is 4.99 Å². The molecule has 1 N–H and O–H groups in total. The van der Waals surface area contributed by atoms with Crippen LogP contribution in [0.1, 0.15) is 39.5 Å². The van der Waals surface area contributed by atoms with Crippen LogP contribution in [-0.4, -0.2) is 31.6 Å². The summed E-state index contributed by atoms with van der Waals surface area (Å²) in [4.78, 5) is 14.7. The van der Waals surface area contributed by atoms with E-state index in [4.69, 9.17) is 0 Å². The van der Waals surface area contributed by atoms with Crippen molar-refractivity contribution in [1.29, 1.82) is 0 Å². The van der Waals surface area contributed by atoms with Crippen molar-refractivity contribution in [3.05, 3.63) is 0 Å². The van der Waals surface area contributed by atoms with Crippen molar-refractivity contribution in [2.45, 2.75) is 39.5 Å². The third-order valence-electron chi connectivity index (χ3n) is 2.14. The van der Waals surface area contributed by atoms with Crippen LogP contribution in [0.5, 0.6) is 0 Å². The van der Waals surface area contributed by atoms with E-state index in [2.05, 4.69) is 10.3 Å². The fourth-order valence-electron chi connectivity index (χ4n) is 1.15. The highest BCUT2D eigenvalue weighted by molar-refractivity contribution is 5.83. The number of unbranched alkanes of at least 4 members (excludes halogenated alkanes) is 2. The smallest absolute Gasteiger partial charge is 0.129 e. The average molecular weight is 198 g/mol. The quantitative estimate of drug-likeness (QED) is 0.477. The van der Waals surface area contributed by atoms with Gasteiger partial charge in [-0.15, -0.1) is 0 Å². The molecule has 0 aromatic carbocycles. The van der Waals surface area contributed by atoms with Gasteiger partial charge in [0.05, 0.1) is 0 Å². The highest BCUT2D eigenvalue weighted by atomic mass is 16.1. The van der Waals surface area contributed by atoms with E-state index < -0.39 is 0 Å². The van der Waals surface area contributed by atoms with E-state index >= 15 is 0 Å². The Morgan fingerprint density at radius 3 is 2.50 bits per heavy atom. The summed E-state index contributed by atoms with van der Waals surface area (Å²) in [7, 11) is 1.81. The van der Waals surface area contributed by atoms with Crippen molar-refractivity contribution in [3.63, 3.8) is 0 Å². The van der Waals surface area contributed by atoms with Gasteiger partial charge in [0, 0.05) is 25.7 Å². The molecule has 0 unspecified atom stereocenters. The molecule has 0 aromatic heterocycles. The zero-order chi connectivity index (χ0) is 10.8. The molecule has 0 saturated heterocycles. The van der Waals surface area contributed by atoms with Gasteiger partial charge in [-0.1, -0.05) is 6.42 Å². The van der Waals surface area contributed by atoms with E-state index in [1.54, 1.807) is 6.92 Å². The number of carbonyl (C=O) groups excluding carboxylic acids is 1. The Balaban J connectivity index is 3.10. The molecule has 3 nitrogen and oxygen atoms in total. The van der Waals surface area contributed by atoms with E-state index in [0.717, 1.165) is 44.5 Å². The molecule has 0 amide bonds. The van der Waals surface area contributed by atoms with Crippen LogP contribution in [-0.2, 0) is 4.79 Å². The highest BCUT2D eigenvalue weighted by Gasteiger charge is 1.94. The molecule has 0 heterocycles. The summed E-state index contributed by atoms with van der Waals surface area (Å²) < 4.78 is 0. The summed E-state index contributed by atoms with van der Waals surface area (Å²) in [5.41, 5.74) is 1.13. The normalized spacial score (nSPS) is 11.8. The molecule has 0 fully saturated rings. The monoisotopic (exact) mass is 198 g/mol. The van der Waals surface area contributed by atoms with Gasteiger partial charge in [-0.25, -0.2) is 0 Å². The predicted octanol–water partition coefficient (Wildman–Crippen LogP) is 1.82. The Bertz CT molecular complexity index is 188. The van der Waals surface area contributed by atoms with Gasteiger partial charge in [-0.3, -0.25) is 4.99 Å². The average Bonchev–Trinajstić information content (AvgIpc) is 2.15. The first-order chi connectivity index (χ1) is 6.66. The minimum absolute atomic E-state index is 0.298. The van der Waals surface area contributed by atoms with E-state index in [9.17, 15) is 4.79 Å². The number of carbonyl (C=O) groups is 1. The topological polar surface area (TPSA) is 41.5 Å². The van der Waals surface area contributed by atoms with E-state index in [1.807, 2.05) is 14.0 Å². The molecule has 3 heteroatoms. The van der Waals surface area contributed by atoms with Gasteiger partial charge in [0.25, 0.3) is 0 Å². The molecule has 0 aliphatic heterocycles. The van der Waals surface area contributed by atoms with Gasteiger partial charge >= 0.3 is 0 Å². The maximum absolute atomic E-state index is 10.6. The predicted molar refractivity (Wildman–Crippen MR) is 61.1 cm³/mol. The summed E-state index contributed by atoms with van der Waals surface area (Å²) >= 11 is 0. The van der Waals surface area contributed by atoms with E-state index in [0.29, 0.717) is 5.78 Å². The lowest BCUT2D eigenvalue weighted by Crippen LogP contribution is -2.22. The molecule has 0 radical (unpaired) electrons. The number of Topliss-reactive ketones (excluding diaryl/α,β-unsaturated/α-hetero) is 1. The highest BCUT2D eigenvalue weighted by Crippen LogP contribution is 1.98. The lowest BCUT2D eigenvalue weighted by molar-refractivity contribution is -0.117. The number of nitrogens with one attached hydrogen (secondary N) is 1. The third kappa shape index (κ3) is 9.39. The lowest BCUT2D eigenvalue weighted by atomic mass is 10.1. The molecule has 82 valence electrons. The number of nitrogens with zero attached hydrogens (tertiary/aromatic N) is 1. The fourth-order valence-corrected chi connectivity index (χ4v) is 1.15. The molecule has 0 saturated carbocycles. The van der Waals surface area contributed by atoms with Gasteiger partial charge < -0.3 is 10.1 Å². The second kappa shape index (κ2) is 8.88. The van der Waals surface area contributed by atoms with Crippen LogP contribution < -0.4 is 5.32 Å².